The van der Waals surface area contributed by atoms with Gasteiger partial charge in [0.25, 0.3) is 5.91 Å². The summed E-state index contributed by atoms with van der Waals surface area (Å²) in [5, 5.41) is 7.31. The van der Waals surface area contributed by atoms with E-state index in [1.54, 1.807) is 10.7 Å². The predicted molar refractivity (Wildman–Crippen MR) is 94.7 cm³/mol. The Labute approximate surface area is 145 Å². The van der Waals surface area contributed by atoms with Gasteiger partial charge in [-0.3, -0.25) is 9.48 Å². The fourth-order valence-corrected chi connectivity index (χ4v) is 3.30. The van der Waals surface area contributed by atoms with Gasteiger partial charge < -0.3 is 14.6 Å². The van der Waals surface area contributed by atoms with Crippen molar-refractivity contribution in [1.29, 1.82) is 0 Å². The number of hydrogen-bond acceptors (Lipinski definition) is 5. The molecule has 3 aromatic rings. The molecule has 4 heterocycles. The van der Waals surface area contributed by atoms with Gasteiger partial charge in [0.2, 0.25) is 0 Å². The Morgan fingerprint density at radius 2 is 2.28 bits per heavy atom. The molecule has 0 spiro atoms. The Morgan fingerprint density at radius 3 is 3.08 bits per heavy atom. The highest BCUT2D eigenvalue weighted by Crippen LogP contribution is 2.21. The van der Waals surface area contributed by atoms with Crippen LogP contribution in [0.4, 0.5) is 5.69 Å². The van der Waals surface area contributed by atoms with E-state index < -0.39 is 0 Å². The molecule has 0 radical (unpaired) electrons. The van der Waals surface area contributed by atoms with Gasteiger partial charge in [-0.2, -0.15) is 5.10 Å². The molecule has 1 saturated heterocycles. The SMILES string of the molecule is Cc1ccc2oc(C(=O)NC3CCCN(c4cnn(C)c4)C3)cc2n1. The van der Waals surface area contributed by atoms with Gasteiger partial charge in [0.1, 0.15) is 5.52 Å². The summed E-state index contributed by atoms with van der Waals surface area (Å²) < 4.78 is 7.43. The zero-order chi connectivity index (χ0) is 17.4. The van der Waals surface area contributed by atoms with E-state index in [1.807, 2.05) is 38.5 Å². The van der Waals surface area contributed by atoms with Gasteiger partial charge in [0.05, 0.1) is 11.9 Å². The lowest BCUT2D eigenvalue weighted by molar-refractivity contribution is 0.0907. The van der Waals surface area contributed by atoms with Crippen LogP contribution in [-0.4, -0.2) is 39.8 Å². The summed E-state index contributed by atoms with van der Waals surface area (Å²) in [5.41, 5.74) is 3.34. The number of anilines is 1. The number of pyridine rings is 1. The highest BCUT2D eigenvalue weighted by Gasteiger charge is 2.24. The molecule has 7 heteroatoms. The Bertz CT molecular complexity index is 913. The number of nitrogens with zero attached hydrogens (tertiary/aromatic N) is 4. The van der Waals surface area contributed by atoms with Gasteiger partial charge in [-0.25, -0.2) is 4.98 Å². The topological polar surface area (TPSA) is 76.2 Å². The Hall–Kier alpha value is -2.83. The number of carbonyl (C=O) groups is 1. The number of aromatic nitrogens is 3. The fourth-order valence-electron chi connectivity index (χ4n) is 3.30. The summed E-state index contributed by atoms with van der Waals surface area (Å²) in [7, 11) is 1.91. The van der Waals surface area contributed by atoms with Gasteiger partial charge >= 0.3 is 0 Å². The first kappa shape index (κ1) is 15.7. The number of carbonyl (C=O) groups excluding carboxylic acids is 1. The molecule has 4 rings (SSSR count). The van der Waals surface area contributed by atoms with Crippen molar-refractivity contribution in [3.05, 3.63) is 42.0 Å². The third kappa shape index (κ3) is 3.22. The lowest BCUT2D eigenvalue weighted by Crippen LogP contribution is -2.47. The van der Waals surface area contributed by atoms with Crippen molar-refractivity contribution < 1.29 is 9.21 Å². The first-order valence-electron chi connectivity index (χ1n) is 8.50. The highest BCUT2D eigenvalue weighted by molar-refractivity contribution is 5.95. The van der Waals surface area contributed by atoms with Crippen LogP contribution in [0.3, 0.4) is 0 Å². The van der Waals surface area contributed by atoms with Gasteiger partial charge in [-0.05, 0) is 31.9 Å². The van der Waals surface area contributed by atoms with Crippen LogP contribution in [0.5, 0.6) is 0 Å². The third-order valence-corrected chi connectivity index (χ3v) is 4.55. The summed E-state index contributed by atoms with van der Waals surface area (Å²) in [6.07, 6.45) is 5.84. The number of nitrogens with one attached hydrogen (secondary N) is 1. The molecule has 0 aromatic carbocycles. The number of amides is 1. The molecule has 130 valence electrons. The maximum Gasteiger partial charge on any atom is 0.287 e. The number of fused-ring (bicyclic) bond motifs is 1. The Balaban J connectivity index is 1.45. The van der Waals surface area contributed by atoms with Crippen LogP contribution in [0.15, 0.2) is 35.0 Å². The van der Waals surface area contributed by atoms with E-state index in [4.69, 9.17) is 4.42 Å². The minimum absolute atomic E-state index is 0.0874. The van der Waals surface area contributed by atoms with Crippen molar-refractivity contribution in [2.45, 2.75) is 25.8 Å². The molecule has 1 unspecified atom stereocenters. The summed E-state index contributed by atoms with van der Waals surface area (Å²) in [5.74, 6) is 0.125. The second-order valence-electron chi connectivity index (χ2n) is 6.58. The van der Waals surface area contributed by atoms with Gasteiger partial charge in [0.15, 0.2) is 11.3 Å². The summed E-state index contributed by atoms with van der Waals surface area (Å²) in [4.78, 5) is 19.2. The molecule has 0 saturated carbocycles. The van der Waals surface area contributed by atoms with E-state index in [0.29, 0.717) is 16.9 Å². The average Bonchev–Trinajstić information content (AvgIpc) is 3.21. The third-order valence-electron chi connectivity index (χ3n) is 4.55. The smallest absolute Gasteiger partial charge is 0.287 e. The monoisotopic (exact) mass is 339 g/mol. The van der Waals surface area contributed by atoms with Crippen LogP contribution in [0.1, 0.15) is 29.1 Å². The molecule has 1 amide bonds. The summed E-state index contributed by atoms with van der Waals surface area (Å²) >= 11 is 0. The number of furan rings is 1. The van der Waals surface area contributed by atoms with Crippen molar-refractivity contribution in [3.8, 4) is 0 Å². The predicted octanol–water partition coefficient (Wildman–Crippen LogP) is 2.27. The molecule has 3 aromatic heterocycles. The highest BCUT2D eigenvalue weighted by atomic mass is 16.3. The number of rotatable bonds is 3. The average molecular weight is 339 g/mol. The molecule has 1 fully saturated rings. The Morgan fingerprint density at radius 1 is 1.40 bits per heavy atom. The largest absolute Gasteiger partial charge is 0.449 e. The van der Waals surface area contributed by atoms with E-state index in [0.717, 1.165) is 37.3 Å². The molecule has 1 aliphatic rings. The lowest BCUT2D eigenvalue weighted by atomic mass is 10.1. The minimum Gasteiger partial charge on any atom is -0.449 e. The number of piperidine rings is 1. The fraction of sp³-hybridized carbons (Fsp3) is 0.389. The van der Waals surface area contributed by atoms with Crippen molar-refractivity contribution >= 4 is 22.7 Å². The lowest BCUT2D eigenvalue weighted by Gasteiger charge is -2.33. The van der Waals surface area contributed by atoms with Crippen LogP contribution < -0.4 is 10.2 Å². The normalized spacial score (nSPS) is 17.8. The van der Waals surface area contributed by atoms with Crippen LogP contribution in [-0.2, 0) is 7.05 Å². The Kier molecular flexibility index (Phi) is 3.91. The maximum absolute atomic E-state index is 12.5. The van der Waals surface area contributed by atoms with Crippen LogP contribution in [0.25, 0.3) is 11.1 Å². The van der Waals surface area contributed by atoms with Crippen molar-refractivity contribution in [1.82, 2.24) is 20.1 Å². The first-order valence-corrected chi connectivity index (χ1v) is 8.50. The van der Waals surface area contributed by atoms with E-state index >= 15 is 0 Å². The molecule has 1 aliphatic heterocycles. The van der Waals surface area contributed by atoms with E-state index in [-0.39, 0.29) is 11.9 Å². The molecule has 25 heavy (non-hydrogen) atoms. The summed E-state index contributed by atoms with van der Waals surface area (Å²) in [6, 6.07) is 5.52. The molecule has 1 atom stereocenters. The zero-order valence-corrected chi connectivity index (χ0v) is 14.4. The summed E-state index contributed by atoms with van der Waals surface area (Å²) in [6.45, 7) is 3.67. The quantitative estimate of drug-likeness (QED) is 0.792. The van der Waals surface area contributed by atoms with E-state index in [2.05, 4.69) is 20.3 Å². The molecule has 0 aliphatic carbocycles. The van der Waals surface area contributed by atoms with Gasteiger partial charge in [-0.1, -0.05) is 0 Å². The van der Waals surface area contributed by atoms with Gasteiger partial charge in [-0.15, -0.1) is 0 Å². The zero-order valence-electron chi connectivity index (χ0n) is 14.4. The minimum atomic E-state index is -0.186. The van der Waals surface area contributed by atoms with Crippen LogP contribution >= 0.6 is 0 Å². The first-order chi connectivity index (χ1) is 12.1. The molecule has 1 N–H and O–H groups in total. The standard InChI is InChI=1S/C18H21N5O2/c1-12-5-6-16-15(20-12)8-17(25-16)18(24)21-13-4-3-7-23(10-13)14-9-19-22(2)11-14/h5-6,8-9,11,13H,3-4,7,10H2,1-2H3,(H,21,24). The van der Waals surface area contributed by atoms with Crippen LogP contribution in [0, 0.1) is 6.92 Å². The number of aryl methyl sites for hydroxylation is 2. The maximum atomic E-state index is 12.5. The van der Waals surface area contributed by atoms with E-state index in [9.17, 15) is 4.79 Å². The molecule has 0 bridgehead atoms. The van der Waals surface area contributed by atoms with Crippen molar-refractivity contribution in [3.63, 3.8) is 0 Å². The molecular formula is C18H21N5O2. The van der Waals surface area contributed by atoms with Gasteiger partial charge in [0, 0.05) is 44.1 Å². The molecule has 7 nitrogen and oxygen atoms in total. The van der Waals surface area contributed by atoms with Crippen molar-refractivity contribution in [2.24, 2.45) is 7.05 Å². The molecular weight excluding hydrogens is 318 g/mol. The van der Waals surface area contributed by atoms with Crippen LogP contribution in [0.2, 0.25) is 0 Å². The second kappa shape index (κ2) is 6.23. The van der Waals surface area contributed by atoms with E-state index in [1.165, 1.54) is 0 Å². The second-order valence-corrected chi connectivity index (χ2v) is 6.58. The van der Waals surface area contributed by atoms with Crippen molar-refractivity contribution in [2.75, 3.05) is 18.0 Å². The number of hydrogen-bond donors (Lipinski definition) is 1.